The summed E-state index contributed by atoms with van der Waals surface area (Å²) >= 11 is 0. The Labute approximate surface area is 146 Å². The average molecular weight is 349 g/mol. The summed E-state index contributed by atoms with van der Waals surface area (Å²) in [6, 6.07) is 3.79. The molecule has 25 heavy (non-hydrogen) atoms. The van der Waals surface area contributed by atoms with Crippen LogP contribution in [-0.2, 0) is 4.79 Å². The molecule has 1 N–H and O–H groups in total. The van der Waals surface area contributed by atoms with E-state index in [1.807, 2.05) is 4.90 Å². The summed E-state index contributed by atoms with van der Waals surface area (Å²) in [6.45, 7) is 1.22. The van der Waals surface area contributed by atoms with Crippen LogP contribution in [0.3, 0.4) is 0 Å². The van der Waals surface area contributed by atoms with Crippen LogP contribution >= 0.6 is 0 Å². The Morgan fingerprint density at radius 2 is 1.92 bits per heavy atom. The molecular weight excluding hydrogens is 325 g/mol. The van der Waals surface area contributed by atoms with Gasteiger partial charge in [-0.3, -0.25) is 14.9 Å². The zero-order valence-corrected chi connectivity index (χ0v) is 14.2. The summed E-state index contributed by atoms with van der Waals surface area (Å²) in [5.41, 5.74) is 0.242. The van der Waals surface area contributed by atoms with Crippen LogP contribution in [0.4, 0.5) is 15.8 Å². The summed E-state index contributed by atoms with van der Waals surface area (Å²) in [4.78, 5) is 24.6. The van der Waals surface area contributed by atoms with Crippen LogP contribution in [0.2, 0.25) is 0 Å². The minimum atomic E-state index is -0.607. The second-order valence-electron chi connectivity index (χ2n) is 7.07. The number of nitrogens with zero attached hydrogens (tertiary/aromatic N) is 2. The van der Waals surface area contributed by atoms with E-state index in [0.717, 1.165) is 31.7 Å². The van der Waals surface area contributed by atoms with Crippen LogP contribution in [0.1, 0.15) is 44.9 Å². The highest BCUT2D eigenvalue weighted by Gasteiger charge is 2.27. The van der Waals surface area contributed by atoms with E-state index >= 15 is 0 Å². The molecule has 1 saturated heterocycles. The highest BCUT2D eigenvalue weighted by Crippen LogP contribution is 2.31. The Balaban J connectivity index is 1.53. The van der Waals surface area contributed by atoms with Gasteiger partial charge < -0.3 is 10.2 Å². The molecule has 1 aliphatic carbocycles. The molecule has 0 bridgehead atoms. The van der Waals surface area contributed by atoms with E-state index in [1.54, 1.807) is 0 Å². The van der Waals surface area contributed by atoms with Gasteiger partial charge in [0.1, 0.15) is 11.5 Å². The summed E-state index contributed by atoms with van der Waals surface area (Å²) in [7, 11) is 0. The van der Waals surface area contributed by atoms with Crippen molar-refractivity contribution in [3.8, 4) is 0 Å². The van der Waals surface area contributed by atoms with Crippen LogP contribution in [0, 0.1) is 21.8 Å². The molecular formula is C18H24FN3O3. The fraction of sp³-hybridized carbons (Fsp3) is 0.611. The molecule has 1 heterocycles. The lowest BCUT2D eigenvalue weighted by atomic mass is 10.0. The molecule has 1 aliphatic heterocycles. The first-order valence-corrected chi connectivity index (χ1v) is 9.01. The normalized spacial score (nSPS) is 19.2. The molecule has 2 aliphatic rings. The number of halogens is 1. The molecule has 1 amide bonds. The SMILES string of the molecule is O=C(CC1CCCC1)NC1CCN(c2ccc(F)cc2[N+](=O)[O-])CC1. The lowest BCUT2D eigenvalue weighted by molar-refractivity contribution is -0.384. The molecule has 3 rings (SSSR count). The Bertz CT molecular complexity index is 638. The monoisotopic (exact) mass is 349 g/mol. The van der Waals surface area contributed by atoms with E-state index < -0.39 is 10.7 Å². The van der Waals surface area contributed by atoms with E-state index in [0.29, 0.717) is 31.1 Å². The number of hydrogen-bond acceptors (Lipinski definition) is 4. The maximum absolute atomic E-state index is 13.3. The number of carbonyl (C=O) groups is 1. The fourth-order valence-corrected chi connectivity index (χ4v) is 3.94. The van der Waals surface area contributed by atoms with E-state index in [1.165, 1.54) is 25.0 Å². The zero-order valence-electron chi connectivity index (χ0n) is 14.2. The smallest absolute Gasteiger partial charge is 0.295 e. The number of rotatable bonds is 5. The molecule has 6 nitrogen and oxygen atoms in total. The minimum Gasteiger partial charge on any atom is -0.366 e. The molecule has 0 radical (unpaired) electrons. The number of anilines is 1. The Hall–Kier alpha value is -2.18. The lowest BCUT2D eigenvalue weighted by Crippen LogP contribution is -2.45. The zero-order chi connectivity index (χ0) is 17.8. The van der Waals surface area contributed by atoms with Gasteiger partial charge in [0.25, 0.3) is 5.69 Å². The predicted octanol–water partition coefficient (Wildman–Crippen LogP) is 3.40. The van der Waals surface area contributed by atoms with E-state index in [2.05, 4.69) is 5.32 Å². The van der Waals surface area contributed by atoms with Crippen molar-refractivity contribution in [2.45, 2.75) is 51.0 Å². The van der Waals surface area contributed by atoms with Crippen molar-refractivity contribution in [1.82, 2.24) is 5.32 Å². The number of benzene rings is 1. The van der Waals surface area contributed by atoms with Crippen LogP contribution in [0.25, 0.3) is 0 Å². The van der Waals surface area contributed by atoms with Gasteiger partial charge in [-0.25, -0.2) is 4.39 Å². The summed E-state index contributed by atoms with van der Waals surface area (Å²) < 4.78 is 13.3. The van der Waals surface area contributed by atoms with Crippen LogP contribution in [0.15, 0.2) is 18.2 Å². The van der Waals surface area contributed by atoms with Crippen molar-refractivity contribution in [3.63, 3.8) is 0 Å². The number of hydrogen-bond donors (Lipinski definition) is 1. The molecule has 0 unspecified atom stereocenters. The van der Waals surface area contributed by atoms with Gasteiger partial charge in [0.15, 0.2) is 0 Å². The van der Waals surface area contributed by atoms with Crippen LogP contribution < -0.4 is 10.2 Å². The summed E-state index contributed by atoms with van der Waals surface area (Å²) in [6.07, 6.45) is 6.86. The third-order valence-corrected chi connectivity index (χ3v) is 5.28. The first kappa shape index (κ1) is 17.6. The van der Waals surface area contributed by atoms with Gasteiger partial charge in [-0.1, -0.05) is 12.8 Å². The first-order valence-electron chi connectivity index (χ1n) is 9.01. The maximum Gasteiger partial charge on any atom is 0.295 e. The third kappa shape index (κ3) is 4.46. The number of nitrogens with one attached hydrogen (secondary N) is 1. The van der Waals surface area contributed by atoms with Gasteiger partial charge >= 0.3 is 0 Å². The second kappa shape index (κ2) is 7.80. The second-order valence-corrected chi connectivity index (χ2v) is 7.07. The molecule has 1 aromatic carbocycles. The van der Waals surface area contributed by atoms with Gasteiger partial charge in [0.05, 0.1) is 11.0 Å². The van der Waals surface area contributed by atoms with Crippen molar-refractivity contribution < 1.29 is 14.1 Å². The Morgan fingerprint density at radius 3 is 2.56 bits per heavy atom. The quantitative estimate of drug-likeness (QED) is 0.653. The van der Waals surface area contributed by atoms with Gasteiger partial charge in [-0.2, -0.15) is 0 Å². The van der Waals surface area contributed by atoms with Gasteiger partial charge in [0.2, 0.25) is 5.91 Å². The van der Waals surface area contributed by atoms with Crippen molar-refractivity contribution in [2.75, 3.05) is 18.0 Å². The van der Waals surface area contributed by atoms with E-state index in [4.69, 9.17) is 0 Å². The molecule has 0 atom stereocenters. The highest BCUT2D eigenvalue weighted by atomic mass is 19.1. The van der Waals surface area contributed by atoms with Crippen molar-refractivity contribution >= 4 is 17.3 Å². The predicted molar refractivity (Wildman–Crippen MR) is 93.0 cm³/mol. The van der Waals surface area contributed by atoms with Crippen LogP contribution in [-0.4, -0.2) is 30.0 Å². The number of piperidine rings is 1. The largest absolute Gasteiger partial charge is 0.366 e. The average Bonchev–Trinajstić information content (AvgIpc) is 3.08. The van der Waals surface area contributed by atoms with Crippen molar-refractivity contribution in [2.24, 2.45) is 5.92 Å². The summed E-state index contributed by atoms with van der Waals surface area (Å²) in [5.74, 6) is 0.0459. The first-order chi connectivity index (χ1) is 12.0. The highest BCUT2D eigenvalue weighted by molar-refractivity contribution is 5.76. The van der Waals surface area contributed by atoms with Crippen LogP contribution in [0.5, 0.6) is 0 Å². The summed E-state index contributed by atoms with van der Waals surface area (Å²) in [5, 5.41) is 14.3. The third-order valence-electron chi connectivity index (χ3n) is 5.28. The molecule has 136 valence electrons. The molecule has 2 fully saturated rings. The topological polar surface area (TPSA) is 75.5 Å². The van der Waals surface area contributed by atoms with Gasteiger partial charge in [-0.05, 0) is 43.7 Å². The molecule has 7 heteroatoms. The van der Waals surface area contributed by atoms with Gasteiger partial charge in [0, 0.05) is 25.6 Å². The Kier molecular flexibility index (Phi) is 5.50. The standard InChI is InChI=1S/C18H24FN3O3/c19-14-5-6-16(17(12-14)22(24)25)21-9-7-15(8-10-21)20-18(23)11-13-3-1-2-4-13/h5-6,12-13,15H,1-4,7-11H2,(H,20,23). The number of nitro benzene ring substituents is 1. The van der Waals surface area contributed by atoms with Gasteiger partial charge in [-0.15, -0.1) is 0 Å². The van der Waals surface area contributed by atoms with Crippen molar-refractivity contribution in [3.05, 3.63) is 34.1 Å². The number of carbonyl (C=O) groups excluding carboxylic acids is 1. The number of amides is 1. The van der Waals surface area contributed by atoms with Crippen molar-refractivity contribution in [1.29, 1.82) is 0 Å². The number of nitro groups is 1. The Morgan fingerprint density at radius 1 is 1.24 bits per heavy atom. The molecule has 1 saturated carbocycles. The fourth-order valence-electron chi connectivity index (χ4n) is 3.94. The maximum atomic E-state index is 13.3. The van der Waals surface area contributed by atoms with E-state index in [-0.39, 0.29) is 17.6 Å². The lowest BCUT2D eigenvalue weighted by Gasteiger charge is -2.33. The molecule has 0 aromatic heterocycles. The van der Waals surface area contributed by atoms with E-state index in [9.17, 15) is 19.3 Å². The molecule has 1 aromatic rings. The molecule has 0 spiro atoms. The minimum absolute atomic E-state index is 0.115.